The molecule has 0 radical (unpaired) electrons. The normalized spacial score (nSPS) is 10.9. The Balaban J connectivity index is 1.75. The molecule has 0 atom stereocenters. The van der Waals surface area contributed by atoms with E-state index in [9.17, 15) is 9.59 Å². The summed E-state index contributed by atoms with van der Waals surface area (Å²) in [4.78, 5) is 32.7. The van der Waals surface area contributed by atoms with E-state index in [2.05, 4.69) is 40.7 Å². The second kappa shape index (κ2) is 9.46. The van der Waals surface area contributed by atoms with Gasteiger partial charge in [0.15, 0.2) is 11.3 Å². The van der Waals surface area contributed by atoms with Gasteiger partial charge in [0.05, 0.1) is 25.6 Å². The lowest BCUT2D eigenvalue weighted by molar-refractivity contribution is -0.140. The van der Waals surface area contributed by atoms with Crippen molar-refractivity contribution in [1.29, 1.82) is 0 Å². The fourth-order valence-corrected chi connectivity index (χ4v) is 4.61. The third-order valence-electron chi connectivity index (χ3n) is 4.82. The van der Waals surface area contributed by atoms with Crippen molar-refractivity contribution in [2.45, 2.75) is 23.8 Å². The molecule has 160 valence electrons. The van der Waals surface area contributed by atoms with Crippen molar-refractivity contribution in [3.05, 3.63) is 63.9 Å². The number of rotatable bonds is 6. The number of nitrogens with zero attached hydrogens (tertiary/aromatic N) is 5. The third-order valence-corrected chi connectivity index (χ3v) is 6.37. The van der Waals surface area contributed by atoms with Crippen molar-refractivity contribution >= 4 is 67.3 Å². The van der Waals surface area contributed by atoms with Gasteiger partial charge in [-0.1, -0.05) is 58.0 Å². The lowest BCUT2D eigenvalue weighted by atomic mass is 10.2. The quantitative estimate of drug-likeness (QED) is 0.201. The van der Waals surface area contributed by atoms with E-state index in [1.54, 1.807) is 12.1 Å². The van der Waals surface area contributed by atoms with Gasteiger partial charge in [-0.2, -0.15) is 0 Å². The van der Waals surface area contributed by atoms with Crippen LogP contribution in [0.5, 0.6) is 0 Å². The Morgan fingerprint density at radius 2 is 1.97 bits per heavy atom. The minimum absolute atomic E-state index is 0.0249. The lowest BCUT2D eigenvalue weighted by Gasteiger charge is -2.06. The molecule has 8 nitrogen and oxygen atoms in total. The maximum absolute atomic E-state index is 13.1. The van der Waals surface area contributed by atoms with Crippen LogP contribution in [0, 0.1) is 6.57 Å². The van der Waals surface area contributed by atoms with E-state index in [0.29, 0.717) is 33.3 Å². The van der Waals surface area contributed by atoms with Crippen molar-refractivity contribution in [3.8, 4) is 0 Å². The highest BCUT2D eigenvalue weighted by Crippen LogP contribution is 2.34. The summed E-state index contributed by atoms with van der Waals surface area (Å²) in [7, 11) is 1.29. The molecule has 32 heavy (non-hydrogen) atoms. The number of para-hydroxylation sites is 1. The first-order valence-electron chi connectivity index (χ1n) is 9.55. The number of ether oxygens (including phenoxy) is 1. The van der Waals surface area contributed by atoms with E-state index < -0.39 is 5.97 Å². The Bertz CT molecular complexity index is 1400. The van der Waals surface area contributed by atoms with Crippen molar-refractivity contribution in [2.75, 3.05) is 7.11 Å². The summed E-state index contributed by atoms with van der Waals surface area (Å²) in [5.74, 6) is -0.252. The fourth-order valence-electron chi connectivity index (χ4n) is 3.29. The lowest BCUT2D eigenvalue weighted by Crippen LogP contribution is -2.14. The molecular formula is C22H16BrN5O3S. The summed E-state index contributed by atoms with van der Waals surface area (Å²) in [6, 6.07) is 12.8. The van der Waals surface area contributed by atoms with Crippen molar-refractivity contribution in [2.24, 2.45) is 0 Å². The van der Waals surface area contributed by atoms with Crippen molar-refractivity contribution in [3.63, 3.8) is 0 Å². The van der Waals surface area contributed by atoms with Crippen LogP contribution < -0.4 is 0 Å². The van der Waals surface area contributed by atoms with Crippen LogP contribution in [0.2, 0.25) is 0 Å². The highest BCUT2D eigenvalue weighted by Gasteiger charge is 2.22. The zero-order valence-electron chi connectivity index (χ0n) is 16.9. The highest BCUT2D eigenvalue weighted by atomic mass is 79.9. The molecule has 2 aromatic carbocycles. The van der Waals surface area contributed by atoms with Crippen molar-refractivity contribution < 1.29 is 14.3 Å². The summed E-state index contributed by atoms with van der Waals surface area (Å²) in [5, 5.41) is 9.70. The van der Waals surface area contributed by atoms with Crippen LogP contribution in [0.1, 0.15) is 23.2 Å². The number of fused-ring (bicyclic) bond motifs is 3. The Morgan fingerprint density at radius 3 is 2.75 bits per heavy atom. The second-order valence-electron chi connectivity index (χ2n) is 6.74. The molecule has 2 aromatic heterocycles. The largest absolute Gasteiger partial charge is 0.469 e. The molecule has 4 rings (SSSR count). The van der Waals surface area contributed by atoms with E-state index >= 15 is 0 Å². The number of benzene rings is 2. The topological polar surface area (TPSA) is 91.3 Å². The van der Waals surface area contributed by atoms with E-state index in [-0.39, 0.29) is 18.7 Å². The molecule has 4 aromatic rings. The maximum atomic E-state index is 13.1. The molecule has 0 unspecified atom stereocenters. The van der Waals surface area contributed by atoms with Gasteiger partial charge in [-0.05, 0) is 17.7 Å². The average molecular weight is 510 g/mol. The Morgan fingerprint density at radius 1 is 1.16 bits per heavy atom. The van der Waals surface area contributed by atoms with Gasteiger partial charge in [0.2, 0.25) is 11.1 Å². The summed E-state index contributed by atoms with van der Waals surface area (Å²) >= 11 is 4.86. The molecule has 0 spiro atoms. The van der Waals surface area contributed by atoms with Gasteiger partial charge in [-0.15, -0.1) is 10.2 Å². The van der Waals surface area contributed by atoms with Crippen LogP contribution in [-0.2, 0) is 15.3 Å². The number of hydrogen-bond donors (Lipinski definition) is 0. The first-order valence-corrected chi connectivity index (χ1v) is 11.3. The molecule has 10 heteroatoms. The fraction of sp³-hybridized carbons (Fsp3) is 0.182. The number of hydrogen-bond acceptors (Lipinski definition) is 7. The second-order valence-corrected chi connectivity index (χ2v) is 8.53. The van der Waals surface area contributed by atoms with Crippen molar-refractivity contribution in [1.82, 2.24) is 19.7 Å². The van der Waals surface area contributed by atoms with Crippen LogP contribution in [0.15, 0.2) is 52.1 Å². The third kappa shape index (κ3) is 4.22. The zero-order chi connectivity index (χ0) is 22.7. The summed E-state index contributed by atoms with van der Waals surface area (Å²) < 4.78 is 6.90. The number of carbonyl (C=O) groups is 2. The first-order chi connectivity index (χ1) is 15.5. The predicted octanol–water partition coefficient (Wildman–Crippen LogP) is 5.18. The number of aromatic nitrogens is 4. The molecule has 0 aliphatic carbocycles. The SMILES string of the molecule is [C-]#[N+]c1ccccc1CSc1nnc2c3c(Br)cccc3n(C(=O)CCC(=O)OC)c2n1. The first kappa shape index (κ1) is 21.9. The predicted molar refractivity (Wildman–Crippen MR) is 125 cm³/mol. The summed E-state index contributed by atoms with van der Waals surface area (Å²) in [6.07, 6.45) is -0.0546. The van der Waals surface area contributed by atoms with Crippen LogP contribution >= 0.6 is 27.7 Å². The van der Waals surface area contributed by atoms with Crippen LogP contribution in [0.4, 0.5) is 5.69 Å². The van der Waals surface area contributed by atoms with Crippen LogP contribution in [0.25, 0.3) is 26.9 Å². The molecule has 0 fully saturated rings. The number of carbonyl (C=O) groups excluding carboxylic acids is 2. The molecule has 0 N–H and O–H groups in total. The summed E-state index contributed by atoms with van der Waals surface area (Å²) in [5.41, 5.74) is 2.94. The standard InChI is InChI=1S/C22H16BrN5O3S/c1-24-15-8-4-3-6-13(15)12-32-22-25-21-20(26-27-22)19-14(23)7-5-9-16(19)28(21)17(29)10-11-18(30)31-2/h3-9H,10-12H2,2H3. The minimum atomic E-state index is -0.456. The van der Waals surface area contributed by atoms with Gasteiger partial charge >= 0.3 is 5.97 Å². The Hall–Kier alpha value is -3.29. The number of halogens is 1. The molecule has 0 amide bonds. The smallest absolute Gasteiger partial charge is 0.306 e. The highest BCUT2D eigenvalue weighted by molar-refractivity contribution is 9.10. The molecule has 0 aliphatic heterocycles. The van der Waals surface area contributed by atoms with Gasteiger partial charge in [0.25, 0.3) is 0 Å². The van der Waals surface area contributed by atoms with E-state index in [0.717, 1.165) is 15.4 Å². The van der Waals surface area contributed by atoms with Gasteiger partial charge < -0.3 is 4.74 Å². The number of methoxy groups -OCH3 is 1. The van der Waals surface area contributed by atoms with Gasteiger partial charge in [-0.3, -0.25) is 14.2 Å². The molecular weight excluding hydrogens is 494 g/mol. The number of esters is 1. The molecule has 2 heterocycles. The van der Waals surface area contributed by atoms with E-state index in [1.807, 2.05) is 30.3 Å². The monoisotopic (exact) mass is 509 g/mol. The van der Waals surface area contributed by atoms with Gasteiger partial charge in [0.1, 0.15) is 5.52 Å². The molecule has 0 aliphatic rings. The number of thioether (sulfide) groups is 1. The molecule has 0 bridgehead atoms. The maximum Gasteiger partial charge on any atom is 0.306 e. The summed E-state index contributed by atoms with van der Waals surface area (Å²) in [6.45, 7) is 7.31. The Kier molecular flexibility index (Phi) is 6.48. The average Bonchev–Trinajstić information content (AvgIpc) is 3.15. The minimum Gasteiger partial charge on any atom is -0.469 e. The Labute approximate surface area is 195 Å². The molecule has 0 saturated carbocycles. The van der Waals surface area contributed by atoms with Gasteiger partial charge in [0, 0.05) is 22.0 Å². The molecule has 0 saturated heterocycles. The van der Waals surface area contributed by atoms with Crippen LogP contribution in [-0.4, -0.2) is 38.7 Å². The van der Waals surface area contributed by atoms with E-state index in [4.69, 9.17) is 6.57 Å². The van der Waals surface area contributed by atoms with Gasteiger partial charge in [-0.25, -0.2) is 9.83 Å². The van der Waals surface area contributed by atoms with E-state index in [1.165, 1.54) is 23.4 Å². The zero-order valence-corrected chi connectivity index (χ0v) is 19.3. The van der Waals surface area contributed by atoms with Crippen LogP contribution in [0.3, 0.4) is 0 Å².